The minimum Gasteiger partial charge on any atom is -0.497 e. The van der Waals surface area contributed by atoms with Crippen LogP contribution in [0.5, 0.6) is 5.75 Å². The number of amides is 2. The lowest BCUT2D eigenvalue weighted by Crippen LogP contribution is -2.54. The molecule has 3 aromatic carbocycles. The Morgan fingerprint density at radius 3 is 2.12 bits per heavy atom. The fraction of sp³-hybridized carbons (Fsp3) is 0.333. The second-order valence-electron chi connectivity index (χ2n) is 9.57. The van der Waals surface area contributed by atoms with Crippen molar-refractivity contribution >= 4 is 27.5 Å². The molecule has 0 saturated heterocycles. The van der Waals surface area contributed by atoms with E-state index in [1.807, 2.05) is 44.2 Å². The van der Waals surface area contributed by atoms with Gasteiger partial charge in [-0.25, -0.2) is 12.8 Å². The number of rotatable bonds is 13. The molecule has 0 bridgehead atoms. The van der Waals surface area contributed by atoms with Crippen LogP contribution in [-0.4, -0.2) is 57.4 Å². The second kappa shape index (κ2) is 13.9. The van der Waals surface area contributed by atoms with E-state index in [0.29, 0.717) is 18.6 Å². The number of nitrogens with one attached hydrogen (secondary N) is 1. The minimum absolute atomic E-state index is 0.0640. The topological polar surface area (TPSA) is 96.0 Å². The predicted molar refractivity (Wildman–Crippen MR) is 153 cm³/mol. The molecule has 1 atom stereocenters. The van der Waals surface area contributed by atoms with Crippen LogP contribution in [-0.2, 0) is 26.0 Å². The van der Waals surface area contributed by atoms with Crippen LogP contribution in [0, 0.1) is 5.82 Å². The van der Waals surface area contributed by atoms with Crippen LogP contribution < -0.4 is 14.4 Å². The van der Waals surface area contributed by atoms with Gasteiger partial charge in [-0.15, -0.1) is 0 Å². The van der Waals surface area contributed by atoms with Crippen molar-refractivity contribution < 1.29 is 27.1 Å². The third-order valence-electron chi connectivity index (χ3n) is 6.34. The molecule has 0 radical (unpaired) electrons. The molecule has 0 aromatic heterocycles. The number of carbonyl (C=O) groups is 2. The molecular weight excluding hydrogens is 533 g/mol. The summed E-state index contributed by atoms with van der Waals surface area (Å²) >= 11 is 0. The van der Waals surface area contributed by atoms with Crippen molar-refractivity contribution in [3.63, 3.8) is 0 Å². The first-order chi connectivity index (χ1) is 19.1. The highest BCUT2D eigenvalue weighted by molar-refractivity contribution is 7.92. The lowest BCUT2D eigenvalue weighted by molar-refractivity contribution is -0.139. The summed E-state index contributed by atoms with van der Waals surface area (Å²) in [4.78, 5) is 28.4. The summed E-state index contributed by atoms with van der Waals surface area (Å²) in [6.45, 7) is 5.09. The van der Waals surface area contributed by atoms with Crippen LogP contribution in [0.2, 0.25) is 0 Å². The Balaban J connectivity index is 2.00. The number of halogens is 1. The molecule has 0 saturated carbocycles. The molecule has 1 N–H and O–H groups in total. The smallest absolute Gasteiger partial charge is 0.264 e. The van der Waals surface area contributed by atoms with E-state index in [1.165, 1.54) is 48.4 Å². The van der Waals surface area contributed by atoms with Crippen molar-refractivity contribution in [2.75, 3.05) is 24.5 Å². The highest BCUT2D eigenvalue weighted by Gasteiger charge is 2.33. The molecule has 3 rings (SSSR count). The van der Waals surface area contributed by atoms with Gasteiger partial charge in [-0.3, -0.25) is 13.9 Å². The molecule has 0 aliphatic carbocycles. The first kappa shape index (κ1) is 30.6. The monoisotopic (exact) mass is 569 g/mol. The van der Waals surface area contributed by atoms with Gasteiger partial charge in [0.2, 0.25) is 11.8 Å². The highest BCUT2D eigenvalue weighted by Crippen LogP contribution is 2.26. The Kier molecular flexibility index (Phi) is 10.7. The normalized spacial score (nSPS) is 12.1. The summed E-state index contributed by atoms with van der Waals surface area (Å²) in [5.74, 6) is -0.941. The first-order valence-corrected chi connectivity index (χ1v) is 14.6. The van der Waals surface area contributed by atoms with Gasteiger partial charge in [0, 0.05) is 12.6 Å². The van der Waals surface area contributed by atoms with Crippen molar-refractivity contribution in [2.24, 2.45) is 0 Å². The Labute approximate surface area is 235 Å². The lowest BCUT2D eigenvalue weighted by Gasteiger charge is -2.33. The van der Waals surface area contributed by atoms with Gasteiger partial charge in [-0.1, -0.05) is 37.3 Å². The zero-order valence-electron chi connectivity index (χ0n) is 23.2. The van der Waals surface area contributed by atoms with Gasteiger partial charge in [0.1, 0.15) is 24.2 Å². The summed E-state index contributed by atoms with van der Waals surface area (Å²) in [7, 11) is -2.78. The molecule has 2 amide bonds. The number of ether oxygens (including phenoxy) is 1. The van der Waals surface area contributed by atoms with Crippen LogP contribution >= 0.6 is 0 Å². The number of methoxy groups -OCH3 is 1. The maximum absolute atomic E-state index is 13.9. The summed E-state index contributed by atoms with van der Waals surface area (Å²) in [6, 6.07) is 19.2. The van der Waals surface area contributed by atoms with Crippen molar-refractivity contribution in [1.82, 2.24) is 10.2 Å². The molecular formula is C30H36FN3O5S. The maximum Gasteiger partial charge on any atom is 0.264 e. The standard InChI is InChI=1S/C30H36FN3O5S/c1-5-28(30(36)32-22(2)3)33(20-19-23-9-7-6-8-10-23)29(35)21-34(25-13-11-24(31)12-14-25)40(37,38)27-17-15-26(39-4)16-18-27/h6-18,22,28H,5,19-21H2,1-4H3,(H,32,36)/t28-/m1/s1. The zero-order valence-corrected chi connectivity index (χ0v) is 24.0. The largest absolute Gasteiger partial charge is 0.497 e. The van der Waals surface area contributed by atoms with Crippen molar-refractivity contribution in [1.29, 1.82) is 0 Å². The van der Waals surface area contributed by atoms with Crippen molar-refractivity contribution in [3.05, 3.63) is 90.2 Å². The summed E-state index contributed by atoms with van der Waals surface area (Å²) in [5, 5.41) is 2.87. The predicted octanol–water partition coefficient (Wildman–Crippen LogP) is 4.40. The van der Waals surface area contributed by atoms with Gasteiger partial charge in [-0.2, -0.15) is 0 Å². The fourth-order valence-electron chi connectivity index (χ4n) is 4.29. The number of hydrogen-bond donors (Lipinski definition) is 1. The first-order valence-electron chi connectivity index (χ1n) is 13.1. The molecule has 40 heavy (non-hydrogen) atoms. The average molecular weight is 570 g/mol. The van der Waals surface area contributed by atoms with Crippen LogP contribution in [0.15, 0.2) is 83.8 Å². The van der Waals surface area contributed by atoms with Gasteiger partial charge in [0.05, 0.1) is 17.7 Å². The Bertz CT molecular complexity index is 1360. The van der Waals surface area contributed by atoms with E-state index in [4.69, 9.17) is 4.74 Å². The lowest BCUT2D eigenvalue weighted by atomic mass is 10.1. The summed E-state index contributed by atoms with van der Waals surface area (Å²) in [6.07, 6.45) is 0.806. The van der Waals surface area contributed by atoms with Gasteiger partial charge in [0.15, 0.2) is 0 Å². The number of benzene rings is 3. The van der Waals surface area contributed by atoms with E-state index in [2.05, 4.69) is 5.32 Å². The Morgan fingerprint density at radius 1 is 0.950 bits per heavy atom. The van der Waals surface area contributed by atoms with Gasteiger partial charge >= 0.3 is 0 Å². The zero-order chi connectivity index (χ0) is 29.3. The van der Waals surface area contributed by atoms with E-state index in [9.17, 15) is 22.4 Å². The number of anilines is 1. The summed E-state index contributed by atoms with van der Waals surface area (Å²) < 4.78 is 47.5. The minimum atomic E-state index is -4.25. The Hall–Kier alpha value is -3.92. The highest BCUT2D eigenvalue weighted by atomic mass is 32.2. The van der Waals surface area contributed by atoms with E-state index < -0.39 is 34.3 Å². The van der Waals surface area contributed by atoms with E-state index in [-0.39, 0.29) is 29.1 Å². The van der Waals surface area contributed by atoms with Crippen LogP contribution in [0.3, 0.4) is 0 Å². The van der Waals surface area contributed by atoms with E-state index in [1.54, 1.807) is 6.92 Å². The van der Waals surface area contributed by atoms with Crippen LogP contribution in [0.4, 0.5) is 10.1 Å². The maximum atomic E-state index is 13.9. The molecule has 10 heteroatoms. The summed E-state index contributed by atoms with van der Waals surface area (Å²) in [5.41, 5.74) is 1.09. The van der Waals surface area contributed by atoms with Crippen LogP contribution in [0.1, 0.15) is 32.8 Å². The molecule has 0 heterocycles. The second-order valence-corrected chi connectivity index (χ2v) is 11.4. The van der Waals surface area contributed by atoms with E-state index in [0.717, 1.165) is 22.0 Å². The fourth-order valence-corrected chi connectivity index (χ4v) is 5.70. The van der Waals surface area contributed by atoms with Gasteiger partial charge in [0.25, 0.3) is 10.0 Å². The average Bonchev–Trinajstić information content (AvgIpc) is 2.94. The third-order valence-corrected chi connectivity index (χ3v) is 8.13. The van der Waals surface area contributed by atoms with Crippen LogP contribution in [0.25, 0.3) is 0 Å². The van der Waals surface area contributed by atoms with E-state index >= 15 is 0 Å². The molecule has 0 unspecified atom stereocenters. The molecule has 0 aliphatic heterocycles. The van der Waals surface area contributed by atoms with Crippen molar-refractivity contribution in [2.45, 2.75) is 50.6 Å². The third kappa shape index (κ3) is 7.81. The van der Waals surface area contributed by atoms with Gasteiger partial charge in [-0.05, 0) is 80.8 Å². The molecule has 0 aliphatic rings. The molecule has 0 fully saturated rings. The number of hydrogen-bond acceptors (Lipinski definition) is 5. The molecule has 214 valence electrons. The van der Waals surface area contributed by atoms with Crippen molar-refractivity contribution in [3.8, 4) is 5.75 Å². The quantitative estimate of drug-likeness (QED) is 0.329. The molecule has 8 nitrogen and oxygen atoms in total. The SMILES string of the molecule is CC[C@H](C(=O)NC(C)C)N(CCc1ccccc1)C(=O)CN(c1ccc(F)cc1)S(=O)(=O)c1ccc(OC)cc1. The van der Waals surface area contributed by atoms with Gasteiger partial charge < -0.3 is 15.0 Å². The number of nitrogens with zero attached hydrogens (tertiary/aromatic N) is 2. The Morgan fingerprint density at radius 2 is 1.57 bits per heavy atom. The molecule has 3 aromatic rings. The number of carbonyl (C=O) groups excluding carboxylic acids is 2. The molecule has 0 spiro atoms. The number of sulfonamides is 1.